The van der Waals surface area contributed by atoms with Gasteiger partial charge in [-0.3, -0.25) is 0 Å². The Bertz CT molecular complexity index is 127. The van der Waals surface area contributed by atoms with E-state index in [0.717, 1.165) is 17.8 Å². The Morgan fingerprint density at radius 2 is 1.00 bits per heavy atom. The SMILES string of the molecule is CCC(C)C([SiH3])(C(C)CC)C(C)CC. The van der Waals surface area contributed by atoms with Gasteiger partial charge in [-0.15, -0.1) is 0 Å². The zero-order chi connectivity index (χ0) is 11.4. The summed E-state index contributed by atoms with van der Waals surface area (Å²) in [7, 11) is 1.35. The molecule has 0 fully saturated rings. The second kappa shape index (κ2) is 5.94. The van der Waals surface area contributed by atoms with Gasteiger partial charge in [0.1, 0.15) is 0 Å². The van der Waals surface area contributed by atoms with Gasteiger partial charge in [0.25, 0.3) is 0 Å². The van der Waals surface area contributed by atoms with Crippen molar-refractivity contribution in [2.45, 2.75) is 65.8 Å². The first-order chi connectivity index (χ1) is 6.44. The largest absolute Gasteiger partial charge is 0.0651 e. The van der Waals surface area contributed by atoms with Crippen molar-refractivity contribution in [3.05, 3.63) is 0 Å². The fourth-order valence-electron chi connectivity index (χ4n) is 2.78. The molecule has 0 spiro atoms. The first-order valence-electron chi connectivity index (χ1n) is 6.44. The van der Waals surface area contributed by atoms with Crippen LogP contribution in [0.15, 0.2) is 0 Å². The molecule has 14 heavy (non-hydrogen) atoms. The third-order valence-corrected chi connectivity index (χ3v) is 7.98. The molecule has 3 atom stereocenters. The molecule has 3 unspecified atom stereocenters. The van der Waals surface area contributed by atoms with Crippen molar-refractivity contribution in [3.8, 4) is 0 Å². The van der Waals surface area contributed by atoms with Crippen LogP contribution in [0, 0.1) is 17.8 Å². The van der Waals surface area contributed by atoms with Crippen LogP contribution >= 0.6 is 0 Å². The second-order valence-electron chi connectivity index (χ2n) is 5.29. The summed E-state index contributed by atoms with van der Waals surface area (Å²) in [5.41, 5.74) is 0. The highest BCUT2D eigenvalue weighted by molar-refractivity contribution is 6.15. The molecule has 0 saturated heterocycles. The van der Waals surface area contributed by atoms with E-state index in [0.29, 0.717) is 5.04 Å². The Morgan fingerprint density at radius 3 is 1.14 bits per heavy atom. The van der Waals surface area contributed by atoms with Crippen LogP contribution in [0.4, 0.5) is 0 Å². The average Bonchev–Trinajstić information content (AvgIpc) is 2.24. The van der Waals surface area contributed by atoms with Crippen LogP contribution in [-0.2, 0) is 0 Å². The molecular weight excluding hydrogens is 184 g/mol. The molecule has 0 saturated carbocycles. The molecule has 0 rings (SSSR count). The van der Waals surface area contributed by atoms with Gasteiger partial charge in [0, 0.05) is 10.2 Å². The van der Waals surface area contributed by atoms with Crippen LogP contribution < -0.4 is 0 Å². The van der Waals surface area contributed by atoms with Crippen LogP contribution in [0.3, 0.4) is 0 Å². The van der Waals surface area contributed by atoms with Gasteiger partial charge >= 0.3 is 0 Å². The van der Waals surface area contributed by atoms with Crippen molar-refractivity contribution in [1.82, 2.24) is 0 Å². The van der Waals surface area contributed by atoms with Crippen LogP contribution in [0.1, 0.15) is 60.8 Å². The Hall–Kier alpha value is 0.217. The molecule has 1 heteroatoms. The van der Waals surface area contributed by atoms with E-state index in [1.165, 1.54) is 29.5 Å². The highest BCUT2D eigenvalue weighted by Crippen LogP contribution is 2.50. The minimum Gasteiger partial charge on any atom is -0.0651 e. The molecule has 0 aromatic rings. The quantitative estimate of drug-likeness (QED) is 0.592. The molecule has 0 aliphatic heterocycles. The van der Waals surface area contributed by atoms with E-state index in [4.69, 9.17) is 0 Å². The third kappa shape index (κ3) is 2.62. The molecule has 0 bridgehead atoms. The van der Waals surface area contributed by atoms with E-state index in [-0.39, 0.29) is 0 Å². The third-order valence-electron chi connectivity index (χ3n) is 5.02. The Balaban J connectivity index is 4.83. The number of hydrogen-bond donors (Lipinski definition) is 0. The van der Waals surface area contributed by atoms with E-state index >= 15 is 0 Å². The number of rotatable bonds is 6. The van der Waals surface area contributed by atoms with Gasteiger partial charge in [-0.2, -0.15) is 0 Å². The minimum atomic E-state index is 0.665. The molecule has 0 nitrogen and oxygen atoms in total. The molecule has 0 radical (unpaired) electrons. The summed E-state index contributed by atoms with van der Waals surface area (Å²) >= 11 is 0. The summed E-state index contributed by atoms with van der Waals surface area (Å²) in [5, 5.41) is 0.665. The molecule has 0 heterocycles. The Kier molecular flexibility index (Phi) is 6.04. The molecule has 0 aliphatic carbocycles. The van der Waals surface area contributed by atoms with Gasteiger partial charge < -0.3 is 0 Å². The van der Waals surface area contributed by atoms with E-state index in [9.17, 15) is 0 Å². The lowest BCUT2D eigenvalue weighted by Gasteiger charge is -2.45. The van der Waals surface area contributed by atoms with Crippen molar-refractivity contribution in [1.29, 1.82) is 0 Å². The normalized spacial score (nSPS) is 22.7. The van der Waals surface area contributed by atoms with Crippen molar-refractivity contribution >= 4 is 10.2 Å². The van der Waals surface area contributed by atoms with Gasteiger partial charge in [-0.05, 0) is 22.8 Å². The van der Waals surface area contributed by atoms with Gasteiger partial charge in [0.05, 0.1) is 0 Å². The van der Waals surface area contributed by atoms with E-state index in [2.05, 4.69) is 41.5 Å². The maximum Gasteiger partial charge on any atom is 0.0117 e. The summed E-state index contributed by atoms with van der Waals surface area (Å²) < 4.78 is 0. The van der Waals surface area contributed by atoms with Gasteiger partial charge in [0.2, 0.25) is 0 Å². The lowest BCUT2D eigenvalue weighted by atomic mass is 9.71. The highest BCUT2D eigenvalue weighted by Gasteiger charge is 2.38. The van der Waals surface area contributed by atoms with Crippen molar-refractivity contribution in [3.63, 3.8) is 0 Å². The minimum absolute atomic E-state index is 0.665. The summed E-state index contributed by atoms with van der Waals surface area (Å²) in [6.45, 7) is 14.4. The van der Waals surface area contributed by atoms with E-state index in [1.54, 1.807) is 0 Å². The van der Waals surface area contributed by atoms with Crippen LogP contribution in [-0.4, -0.2) is 10.2 Å². The molecule has 0 N–H and O–H groups in total. The highest BCUT2D eigenvalue weighted by atomic mass is 28.1. The summed E-state index contributed by atoms with van der Waals surface area (Å²) in [4.78, 5) is 0. The molecule has 0 amide bonds. The topological polar surface area (TPSA) is 0 Å². The smallest absolute Gasteiger partial charge is 0.0117 e. The standard InChI is InChI=1S/C13H30Si/c1-7-10(4)13(14,11(5)8-2)12(6)9-3/h10-12H,7-9H2,1-6,14H3. The van der Waals surface area contributed by atoms with Crippen LogP contribution in [0.5, 0.6) is 0 Å². The molecule has 86 valence electrons. The van der Waals surface area contributed by atoms with Gasteiger partial charge in [0.15, 0.2) is 0 Å². The maximum atomic E-state index is 2.46. The van der Waals surface area contributed by atoms with Crippen LogP contribution in [0.2, 0.25) is 5.04 Å². The fourth-order valence-corrected chi connectivity index (χ4v) is 4.00. The molecule has 0 aromatic carbocycles. The van der Waals surface area contributed by atoms with Crippen molar-refractivity contribution < 1.29 is 0 Å². The Labute approximate surface area is 94.3 Å². The summed E-state index contributed by atoms with van der Waals surface area (Å²) in [5.74, 6) is 2.71. The lowest BCUT2D eigenvalue weighted by Crippen LogP contribution is -2.34. The predicted molar refractivity (Wildman–Crippen MR) is 71.0 cm³/mol. The number of hydrogen-bond acceptors (Lipinski definition) is 0. The van der Waals surface area contributed by atoms with Gasteiger partial charge in [-0.25, -0.2) is 0 Å². The van der Waals surface area contributed by atoms with Crippen molar-refractivity contribution in [2.75, 3.05) is 0 Å². The van der Waals surface area contributed by atoms with Crippen molar-refractivity contribution in [2.24, 2.45) is 17.8 Å². The first kappa shape index (κ1) is 14.2. The fraction of sp³-hybridized carbons (Fsp3) is 1.00. The zero-order valence-electron chi connectivity index (χ0n) is 11.4. The average molecular weight is 214 g/mol. The van der Waals surface area contributed by atoms with E-state index < -0.39 is 0 Å². The van der Waals surface area contributed by atoms with Crippen LogP contribution in [0.25, 0.3) is 0 Å². The summed E-state index contributed by atoms with van der Waals surface area (Å²) in [6.07, 6.45) is 4.04. The Morgan fingerprint density at radius 1 is 0.786 bits per heavy atom. The first-order valence-corrected chi connectivity index (χ1v) is 7.44. The van der Waals surface area contributed by atoms with E-state index in [1.807, 2.05) is 0 Å². The molecule has 0 aliphatic rings. The lowest BCUT2D eigenvalue weighted by molar-refractivity contribution is 0.185. The maximum absolute atomic E-state index is 2.46. The molecule has 0 aromatic heterocycles. The zero-order valence-corrected chi connectivity index (χ0v) is 13.4. The predicted octanol–water partition coefficient (Wildman–Crippen LogP) is 3.65. The monoisotopic (exact) mass is 214 g/mol. The molecular formula is C13H30Si. The summed E-state index contributed by atoms with van der Waals surface area (Å²) in [6, 6.07) is 0. The van der Waals surface area contributed by atoms with Gasteiger partial charge in [-0.1, -0.05) is 60.8 Å². The second-order valence-corrected chi connectivity index (χ2v) is 7.03.